The lowest BCUT2D eigenvalue weighted by atomic mass is 10.0. The molecule has 2 aromatic rings. The maximum Gasteiger partial charge on any atom is 0.221 e. The van der Waals surface area contributed by atoms with E-state index in [9.17, 15) is 4.79 Å². The first kappa shape index (κ1) is 15.0. The lowest BCUT2D eigenvalue weighted by molar-refractivity contribution is -0.156. The summed E-state index contributed by atoms with van der Waals surface area (Å²) in [7, 11) is 0. The molecule has 2 aliphatic rings. The van der Waals surface area contributed by atoms with E-state index < -0.39 is 6.29 Å². The number of hydrogen-bond acceptors (Lipinski definition) is 7. The van der Waals surface area contributed by atoms with E-state index in [1.165, 1.54) is 0 Å². The number of benzene rings is 1. The molecule has 0 radical (unpaired) electrons. The molecule has 3 atom stereocenters. The molecule has 1 aromatic carbocycles. The van der Waals surface area contributed by atoms with Gasteiger partial charge in [0.25, 0.3) is 0 Å². The lowest BCUT2D eigenvalue weighted by Crippen LogP contribution is -2.37. The van der Waals surface area contributed by atoms with Crippen LogP contribution in [0.4, 0.5) is 0 Å². The molecule has 9 heteroatoms. The number of Topliss-reactive ketones (excluding diaryl/α,β-unsaturated/α-hetero) is 1. The van der Waals surface area contributed by atoms with Crippen LogP contribution >= 0.6 is 24.0 Å². The van der Waals surface area contributed by atoms with Crippen molar-refractivity contribution in [1.82, 2.24) is 19.8 Å². The zero-order valence-electron chi connectivity index (χ0n) is 12.3. The Kier molecular flexibility index (Phi) is 3.80. The summed E-state index contributed by atoms with van der Waals surface area (Å²) in [5, 5.41) is 8.35. The van der Waals surface area contributed by atoms with Crippen molar-refractivity contribution in [2.75, 3.05) is 12.9 Å². The second kappa shape index (κ2) is 5.82. The molecule has 4 rings (SSSR count). The van der Waals surface area contributed by atoms with Crippen LogP contribution < -0.4 is 0 Å². The molecule has 0 aliphatic carbocycles. The number of carbonyl (C=O) groups excluding carboxylic acids is 1. The van der Waals surface area contributed by atoms with E-state index in [-0.39, 0.29) is 17.9 Å². The second-order valence-corrected chi connectivity index (χ2v) is 6.58. The average Bonchev–Trinajstić information content (AvgIpc) is 3.16. The third-order valence-corrected chi connectivity index (χ3v) is 5.19. The highest BCUT2D eigenvalue weighted by Crippen LogP contribution is 2.33. The fourth-order valence-corrected chi connectivity index (χ4v) is 3.77. The minimum absolute atomic E-state index is 0.0790. The summed E-state index contributed by atoms with van der Waals surface area (Å²) < 4.78 is 14.6. The number of tetrazole rings is 1. The molecular formula is C14H14N4O3S2. The van der Waals surface area contributed by atoms with Gasteiger partial charge in [0.2, 0.25) is 11.1 Å². The molecule has 0 saturated carbocycles. The van der Waals surface area contributed by atoms with Crippen molar-refractivity contribution in [2.24, 2.45) is 0 Å². The van der Waals surface area contributed by atoms with Crippen LogP contribution in [0.1, 0.15) is 12.5 Å². The number of hydrogen-bond donors (Lipinski definition) is 0. The van der Waals surface area contributed by atoms with Gasteiger partial charge in [-0.1, -0.05) is 12.1 Å². The third kappa shape index (κ3) is 2.44. The first-order chi connectivity index (χ1) is 11.2. The van der Waals surface area contributed by atoms with Gasteiger partial charge in [0.15, 0.2) is 5.78 Å². The Labute approximate surface area is 141 Å². The maximum absolute atomic E-state index is 12.0. The Balaban J connectivity index is 1.74. The van der Waals surface area contributed by atoms with Gasteiger partial charge in [-0.05, 0) is 41.0 Å². The van der Waals surface area contributed by atoms with Gasteiger partial charge in [0.05, 0.1) is 18.3 Å². The third-order valence-electron chi connectivity index (χ3n) is 4.04. The van der Waals surface area contributed by atoms with E-state index >= 15 is 0 Å². The number of ether oxygens (including phenoxy) is 2. The molecule has 0 unspecified atom stereocenters. The maximum atomic E-state index is 12.0. The molecule has 0 amide bonds. The van der Waals surface area contributed by atoms with Crippen molar-refractivity contribution < 1.29 is 14.3 Å². The van der Waals surface area contributed by atoms with Crippen LogP contribution in [0.25, 0.3) is 5.69 Å². The number of rotatable bonds is 3. The average molecular weight is 350 g/mol. The molecule has 23 heavy (non-hydrogen) atoms. The lowest BCUT2D eigenvalue weighted by Gasteiger charge is -2.25. The van der Waals surface area contributed by atoms with Crippen LogP contribution in [-0.2, 0) is 14.3 Å². The molecule has 2 fully saturated rings. The molecule has 0 N–H and O–H groups in total. The fraction of sp³-hybridized carbons (Fsp3) is 0.429. The molecule has 2 bridgehead atoms. The predicted octanol–water partition coefficient (Wildman–Crippen LogP) is 1.78. The quantitative estimate of drug-likeness (QED) is 0.617. The van der Waals surface area contributed by atoms with Gasteiger partial charge in [0.1, 0.15) is 6.10 Å². The van der Waals surface area contributed by atoms with Crippen LogP contribution in [-0.4, -0.2) is 50.8 Å². The molecule has 1 aromatic heterocycles. The van der Waals surface area contributed by atoms with Crippen LogP contribution in [0.3, 0.4) is 0 Å². The number of fused-ring (bicyclic) bond motifs is 2. The Hall–Kier alpha value is -1.55. The van der Waals surface area contributed by atoms with Gasteiger partial charge < -0.3 is 9.47 Å². The van der Waals surface area contributed by atoms with Crippen molar-refractivity contribution in [3.63, 3.8) is 0 Å². The Morgan fingerprint density at radius 1 is 1.35 bits per heavy atom. The standard InChI is InChI=1S/C14H14N4O3S2/c1-23-12-5-3-2-4-8(12)17-14(22)18(16-15-17)9-6-10(19)13-20-7-11(9)21-13/h2-5,9,11,13H,6-7H2,1H3/t9-,11+,13-/m0/s1. The number of ketones is 1. The zero-order chi connectivity index (χ0) is 16.0. The normalized spacial score (nSPS) is 26.7. The molecule has 2 aliphatic heterocycles. The van der Waals surface area contributed by atoms with Crippen LogP contribution in [0.2, 0.25) is 0 Å². The molecule has 0 spiro atoms. The minimum Gasteiger partial charge on any atom is -0.343 e. The fourth-order valence-electron chi connectivity index (χ4n) is 2.89. The summed E-state index contributed by atoms with van der Waals surface area (Å²) >= 11 is 7.15. The van der Waals surface area contributed by atoms with E-state index in [0.29, 0.717) is 17.8 Å². The van der Waals surface area contributed by atoms with E-state index in [2.05, 4.69) is 10.4 Å². The zero-order valence-corrected chi connectivity index (χ0v) is 13.9. The van der Waals surface area contributed by atoms with Gasteiger partial charge in [-0.15, -0.1) is 11.8 Å². The summed E-state index contributed by atoms with van der Waals surface area (Å²) in [5.74, 6) is -0.0790. The Bertz CT molecular complexity index is 818. The summed E-state index contributed by atoms with van der Waals surface area (Å²) in [5.41, 5.74) is 0.875. The Morgan fingerprint density at radius 3 is 3.00 bits per heavy atom. The van der Waals surface area contributed by atoms with E-state index in [0.717, 1.165) is 10.6 Å². The van der Waals surface area contributed by atoms with Gasteiger partial charge in [-0.2, -0.15) is 4.68 Å². The number of carbonyl (C=O) groups is 1. The van der Waals surface area contributed by atoms with E-state index in [4.69, 9.17) is 21.7 Å². The highest BCUT2D eigenvalue weighted by atomic mass is 32.2. The second-order valence-electron chi connectivity index (χ2n) is 5.37. The number of thioether (sulfide) groups is 1. The number of nitrogens with zero attached hydrogens (tertiary/aromatic N) is 4. The van der Waals surface area contributed by atoms with Crippen LogP contribution in [0.15, 0.2) is 29.2 Å². The number of para-hydroxylation sites is 1. The summed E-state index contributed by atoms with van der Waals surface area (Å²) in [4.78, 5) is 13.0. The van der Waals surface area contributed by atoms with Crippen molar-refractivity contribution in [3.8, 4) is 5.69 Å². The molecule has 7 nitrogen and oxygen atoms in total. The monoisotopic (exact) mass is 350 g/mol. The SMILES string of the molecule is CSc1ccccc1-n1nnn([C@H]2CC(=O)[C@H]3OC[C@H]2O3)c1=S. The first-order valence-electron chi connectivity index (χ1n) is 7.16. The van der Waals surface area contributed by atoms with Crippen molar-refractivity contribution in [1.29, 1.82) is 0 Å². The van der Waals surface area contributed by atoms with Gasteiger partial charge in [-0.25, -0.2) is 4.68 Å². The van der Waals surface area contributed by atoms with Crippen molar-refractivity contribution in [2.45, 2.75) is 29.8 Å². The van der Waals surface area contributed by atoms with E-state index in [1.54, 1.807) is 21.1 Å². The van der Waals surface area contributed by atoms with Gasteiger partial charge in [-0.3, -0.25) is 4.79 Å². The number of aromatic nitrogens is 4. The first-order valence-corrected chi connectivity index (χ1v) is 8.80. The molecule has 2 saturated heterocycles. The highest BCUT2D eigenvalue weighted by molar-refractivity contribution is 7.98. The van der Waals surface area contributed by atoms with Crippen molar-refractivity contribution >= 4 is 29.8 Å². The summed E-state index contributed by atoms with van der Waals surface area (Å²) in [6, 6.07) is 7.57. The summed E-state index contributed by atoms with van der Waals surface area (Å²) in [6.45, 7) is 0.372. The molecule has 120 valence electrons. The Morgan fingerprint density at radius 2 is 2.17 bits per heavy atom. The van der Waals surface area contributed by atoms with Crippen LogP contribution in [0.5, 0.6) is 0 Å². The molecular weight excluding hydrogens is 336 g/mol. The molecule has 3 heterocycles. The predicted molar refractivity (Wildman–Crippen MR) is 85.2 cm³/mol. The van der Waals surface area contributed by atoms with Crippen molar-refractivity contribution in [3.05, 3.63) is 29.0 Å². The summed E-state index contributed by atoms with van der Waals surface area (Å²) in [6.07, 6.45) is 1.35. The van der Waals surface area contributed by atoms with Crippen LogP contribution in [0, 0.1) is 4.77 Å². The largest absolute Gasteiger partial charge is 0.343 e. The highest BCUT2D eigenvalue weighted by Gasteiger charge is 2.45. The smallest absolute Gasteiger partial charge is 0.221 e. The minimum atomic E-state index is -0.724. The van der Waals surface area contributed by atoms with Gasteiger partial charge >= 0.3 is 0 Å². The van der Waals surface area contributed by atoms with Gasteiger partial charge in [0, 0.05) is 11.3 Å². The van der Waals surface area contributed by atoms with E-state index in [1.807, 2.05) is 30.5 Å². The topological polar surface area (TPSA) is 71.2 Å².